The van der Waals surface area contributed by atoms with Crippen LogP contribution in [0, 0.1) is 0 Å². The number of rotatable bonds is 6. The third-order valence-corrected chi connectivity index (χ3v) is 3.90. The largest absolute Gasteiger partial charge is 0.325 e. The maximum Gasteiger partial charge on any atom is 0.324 e. The third kappa shape index (κ3) is 4.20. The van der Waals surface area contributed by atoms with Crippen molar-refractivity contribution in [1.29, 1.82) is 0 Å². The molecule has 3 rings (SSSR count). The maximum absolute atomic E-state index is 12.4. The molecular formula is C18H18N4O3. The Balaban J connectivity index is 1.54. The van der Waals surface area contributed by atoms with Gasteiger partial charge in [-0.25, -0.2) is 9.78 Å². The lowest BCUT2D eigenvalue weighted by atomic mass is 10.1. The van der Waals surface area contributed by atoms with E-state index in [2.05, 4.69) is 15.6 Å². The van der Waals surface area contributed by atoms with E-state index in [4.69, 9.17) is 0 Å². The van der Waals surface area contributed by atoms with Crippen LogP contribution in [0.25, 0.3) is 0 Å². The number of pyridine rings is 1. The Bertz CT molecular complexity index is 764. The third-order valence-electron chi connectivity index (χ3n) is 3.90. The first-order valence-corrected chi connectivity index (χ1v) is 8.00. The Labute approximate surface area is 145 Å². The van der Waals surface area contributed by atoms with Gasteiger partial charge >= 0.3 is 6.03 Å². The number of carbonyl (C=O) groups is 3. The van der Waals surface area contributed by atoms with Crippen LogP contribution in [-0.2, 0) is 16.0 Å². The van der Waals surface area contributed by atoms with Crippen molar-refractivity contribution in [1.82, 2.24) is 15.2 Å². The molecule has 0 bridgehead atoms. The van der Waals surface area contributed by atoms with Crippen molar-refractivity contribution in [2.75, 3.05) is 11.9 Å². The van der Waals surface area contributed by atoms with Crippen LogP contribution in [-0.4, -0.2) is 40.3 Å². The molecule has 1 aliphatic rings. The highest BCUT2D eigenvalue weighted by molar-refractivity contribution is 6.06. The van der Waals surface area contributed by atoms with Crippen molar-refractivity contribution in [2.45, 2.75) is 18.9 Å². The molecule has 0 unspecified atom stereocenters. The van der Waals surface area contributed by atoms with E-state index in [0.717, 1.165) is 10.5 Å². The molecule has 1 saturated heterocycles. The zero-order valence-corrected chi connectivity index (χ0v) is 13.5. The molecule has 0 radical (unpaired) electrons. The summed E-state index contributed by atoms with van der Waals surface area (Å²) < 4.78 is 0. The summed E-state index contributed by atoms with van der Waals surface area (Å²) >= 11 is 0. The fourth-order valence-corrected chi connectivity index (χ4v) is 2.63. The number of hydrogen-bond acceptors (Lipinski definition) is 4. The fraction of sp³-hybridized carbons (Fsp3) is 0.222. The van der Waals surface area contributed by atoms with E-state index in [9.17, 15) is 14.4 Å². The van der Waals surface area contributed by atoms with Crippen LogP contribution >= 0.6 is 0 Å². The Morgan fingerprint density at radius 1 is 1.12 bits per heavy atom. The summed E-state index contributed by atoms with van der Waals surface area (Å²) in [7, 11) is 0. The second-order valence-corrected chi connectivity index (χ2v) is 5.69. The first kappa shape index (κ1) is 16.6. The monoisotopic (exact) mass is 338 g/mol. The Morgan fingerprint density at radius 3 is 2.60 bits per heavy atom. The summed E-state index contributed by atoms with van der Waals surface area (Å²) in [6, 6.07) is 13.4. The normalized spacial score (nSPS) is 16.6. The van der Waals surface area contributed by atoms with Gasteiger partial charge in [-0.2, -0.15) is 0 Å². The number of amides is 4. The van der Waals surface area contributed by atoms with E-state index in [1.807, 2.05) is 30.3 Å². The molecule has 7 nitrogen and oxygen atoms in total. The van der Waals surface area contributed by atoms with Gasteiger partial charge in [0.15, 0.2) is 0 Å². The van der Waals surface area contributed by atoms with Gasteiger partial charge in [-0.1, -0.05) is 36.4 Å². The molecule has 2 N–H and O–H groups in total. The minimum atomic E-state index is -0.841. The predicted octanol–water partition coefficient (Wildman–Crippen LogP) is 1.57. The predicted molar refractivity (Wildman–Crippen MR) is 91.7 cm³/mol. The summed E-state index contributed by atoms with van der Waals surface area (Å²) in [5.74, 6) is -0.343. The molecule has 25 heavy (non-hydrogen) atoms. The van der Waals surface area contributed by atoms with Crippen LogP contribution in [0.1, 0.15) is 12.0 Å². The molecule has 1 atom stereocenters. The van der Waals surface area contributed by atoms with Gasteiger partial charge in [0.2, 0.25) is 5.91 Å². The topological polar surface area (TPSA) is 91.4 Å². The summed E-state index contributed by atoms with van der Waals surface area (Å²) in [5, 5.41) is 5.17. The van der Waals surface area contributed by atoms with Gasteiger partial charge in [0, 0.05) is 12.7 Å². The summed E-state index contributed by atoms with van der Waals surface area (Å²) in [6.07, 6.45) is 2.01. The van der Waals surface area contributed by atoms with Gasteiger partial charge in [-0.05, 0) is 24.1 Å². The van der Waals surface area contributed by atoms with E-state index < -0.39 is 12.1 Å². The highest BCUT2D eigenvalue weighted by Crippen LogP contribution is 2.12. The van der Waals surface area contributed by atoms with Crippen molar-refractivity contribution >= 4 is 23.7 Å². The van der Waals surface area contributed by atoms with Crippen molar-refractivity contribution in [3.63, 3.8) is 0 Å². The average molecular weight is 338 g/mol. The van der Waals surface area contributed by atoms with Crippen molar-refractivity contribution in [2.24, 2.45) is 0 Å². The second-order valence-electron chi connectivity index (χ2n) is 5.69. The lowest BCUT2D eigenvalue weighted by molar-refractivity contribution is -0.129. The number of aromatic nitrogens is 1. The van der Waals surface area contributed by atoms with Gasteiger partial charge in [0.05, 0.1) is 6.42 Å². The number of nitrogens with zero attached hydrogens (tertiary/aromatic N) is 2. The Morgan fingerprint density at radius 2 is 1.88 bits per heavy atom. The molecule has 4 amide bonds. The molecule has 2 aromatic rings. The zero-order valence-electron chi connectivity index (χ0n) is 13.5. The van der Waals surface area contributed by atoms with Gasteiger partial charge in [0.25, 0.3) is 5.91 Å². The number of hydrogen-bond donors (Lipinski definition) is 2. The highest BCUT2D eigenvalue weighted by Gasteiger charge is 2.38. The Hall–Kier alpha value is -3.22. The standard InChI is InChI=1S/C18H18N4O3/c23-16(21-15-8-4-5-10-19-15)12-14-17(24)22(18(25)20-14)11-9-13-6-2-1-3-7-13/h1-8,10,14H,9,11-12H2,(H,20,25)(H,19,21,23)/t14-/m0/s1. The maximum atomic E-state index is 12.4. The van der Waals surface area contributed by atoms with Gasteiger partial charge < -0.3 is 10.6 Å². The van der Waals surface area contributed by atoms with Crippen LogP contribution in [0.2, 0.25) is 0 Å². The number of imide groups is 1. The van der Waals surface area contributed by atoms with Crippen molar-refractivity contribution < 1.29 is 14.4 Å². The number of carbonyl (C=O) groups excluding carboxylic acids is 3. The average Bonchev–Trinajstić information content (AvgIpc) is 2.88. The smallest absolute Gasteiger partial charge is 0.324 e. The molecule has 2 heterocycles. The summed E-state index contributed by atoms with van der Waals surface area (Å²) in [4.78, 5) is 41.6. The molecular weight excluding hydrogens is 320 g/mol. The Kier molecular flexibility index (Phi) is 5.03. The van der Waals surface area contributed by atoms with Crippen molar-refractivity contribution in [3.05, 3.63) is 60.3 Å². The second kappa shape index (κ2) is 7.57. The van der Waals surface area contributed by atoms with E-state index in [1.54, 1.807) is 24.4 Å². The molecule has 1 aromatic carbocycles. The molecule has 1 aliphatic heterocycles. The quantitative estimate of drug-likeness (QED) is 0.782. The highest BCUT2D eigenvalue weighted by atomic mass is 16.2. The lowest BCUT2D eigenvalue weighted by Gasteiger charge is -2.13. The number of nitrogens with one attached hydrogen (secondary N) is 2. The van der Waals surface area contributed by atoms with Crippen LogP contribution < -0.4 is 10.6 Å². The van der Waals surface area contributed by atoms with Crippen LogP contribution in [0.15, 0.2) is 54.7 Å². The van der Waals surface area contributed by atoms with E-state index >= 15 is 0 Å². The van der Waals surface area contributed by atoms with Crippen LogP contribution in [0.4, 0.5) is 10.6 Å². The van der Waals surface area contributed by atoms with Gasteiger partial charge in [-0.3, -0.25) is 14.5 Å². The molecule has 0 saturated carbocycles. The van der Waals surface area contributed by atoms with E-state index in [0.29, 0.717) is 12.2 Å². The number of urea groups is 1. The number of benzene rings is 1. The summed E-state index contributed by atoms with van der Waals surface area (Å²) in [6.45, 7) is 0.285. The van der Waals surface area contributed by atoms with Gasteiger partial charge in [0.1, 0.15) is 11.9 Å². The van der Waals surface area contributed by atoms with E-state index in [1.165, 1.54) is 0 Å². The molecule has 0 aliphatic carbocycles. The first-order valence-electron chi connectivity index (χ1n) is 8.00. The summed E-state index contributed by atoms with van der Waals surface area (Å²) in [5.41, 5.74) is 1.04. The molecule has 0 spiro atoms. The zero-order chi connectivity index (χ0) is 17.6. The molecule has 1 aromatic heterocycles. The first-order chi connectivity index (χ1) is 12.1. The fourth-order valence-electron chi connectivity index (χ4n) is 2.63. The van der Waals surface area contributed by atoms with E-state index in [-0.39, 0.29) is 24.8 Å². The minimum absolute atomic E-state index is 0.122. The van der Waals surface area contributed by atoms with Crippen LogP contribution in [0.3, 0.4) is 0 Å². The van der Waals surface area contributed by atoms with Crippen LogP contribution in [0.5, 0.6) is 0 Å². The molecule has 128 valence electrons. The lowest BCUT2D eigenvalue weighted by Crippen LogP contribution is -2.35. The molecule has 7 heteroatoms. The number of anilines is 1. The SMILES string of the molecule is O=C(C[C@@H]1NC(=O)N(CCc2ccccc2)C1=O)Nc1ccccn1. The minimum Gasteiger partial charge on any atom is -0.325 e. The molecule has 1 fully saturated rings. The van der Waals surface area contributed by atoms with Crippen molar-refractivity contribution in [3.8, 4) is 0 Å². The van der Waals surface area contributed by atoms with Gasteiger partial charge in [-0.15, -0.1) is 0 Å².